The highest BCUT2D eigenvalue weighted by Gasteiger charge is 2.26. The Morgan fingerprint density at radius 3 is 2.81 bits per heavy atom. The van der Waals surface area contributed by atoms with Crippen molar-refractivity contribution in [3.63, 3.8) is 0 Å². The molecule has 1 saturated heterocycles. The maximum atomic E-state index is 11.7. The number of hydrogen-bond acceptors (Lipinski definition) is 5. The molecule has 1 atom stereocenters. The normalized spacial score (nSPS) is 16.5. The van der Waals surface area contributed by atoms with E-state index in [1.54, 1.807) is 13.3 Å². The molecule has 0 bridgehead atoms. The molecule has 2 heterocycles. The first-order valence-electron chi connectivity index (χ1n) is 11.1. The second kappa shape index (κ2) is 11.4. The molecule has 8 heteroatoms. The SMILES string of the molecule is CCNC(=NCc1cccnc1N1CCCC(C(N)=O)C1)N(C)Cc1ccc(OC)cc1. The molecule has 1 aromatic carbocycles. The quantitative estimate of drug-likeness (QED) is 0.485. The molecule has 1 unspecified atom stereocenters. The van der Waals surface area contributed by atoms with Gasteiger partial charge in [0, 0.05) is 45.0 Å². The lowest BCUT2D eigenvalue weighted by Gasteiger charge is -2.33. The molecule has 1 amide bonds. The van der Waals surface area contributed by atoms with E-state index in [1.807, 2.05) is 31.3 Å². The number of piperidine rings is 1. The van der Waals surface area contributed by atoms with Crippen LogP contribution in [-0.2, 0) is 17.9 Å². The molecule has 0 radical (unpaired) electrons. The Balaban J connectivity index is 1.73. The van der Waals surface area contributed by atoms with Crippen LogP contribution in [0.4, 0.5) is 5.82 Å². The summed E-state index contributed by atoms with van der Waals surface area (Å²) in [5, 5.41) is 3.37. The number of anilines is 1. The number of carbonyl (C=O) groups excluding carboxylic acids is 1. The number of nitrogens with zero attached hydrogens (tertiary/aromatic N) is 4. The minimum Gasteiger partial charge on any atom is -0.497 e. The summed E-state index contributed by atoms with van der Waals surface area (Å²) in [4.78, 5) is 25.4. The van der Waals surface area contributed by atoms with Gasteiger partial charge < -0.3 is 25.6 Å². The van der Waals surface area contributed by atoms with Crippen LogP contribution in [-0.4, -0.2) is 55.5 Å². The van der Waals surface area contributed by atoms with Crippen LogP contribution in [0.15, 0.2) is 47.6 Å². The van der Waals surface area contributed by atoms with Crippen molar-refractivity contribution >= 4 is 17.7 Å². The van der Waals surface area contributed by atoms with Crippen molar-refractivity contribution in [3.05, 3.63) is 53.7 Å². The minimum absolute atomic E-state index is 0.130. The summed E-state index contributed by atoms with van der Waals surface area (Å²) in [5.74, 6) is 2.19. The molecule has 32 heavy (non-hydrogen) atoms. The maximum absolute atomic E-state index is 11.7. The smallest absolute Gasteiger partial charge is 0.222 e. The molecular formula is C24H34N6O2. The number of aromatic nitrogens is 1. The van der Waals surface area contributed by atoms with E-state index in [9.17, 15) is 4.79 Å². The third kappa shape index (κ3) is 6.12. The van der Waals surface area contributed by atoms with Crippen LogP contribution < -0.4 is 20.7 Å². The Labute approximate surface area is 190 Å². The van der Waals surface area contributed by atoms with E-state index in [0.717, 1.165) is 55.6 Å². The lowest BCUT2D eigenvalue weighted by atomic mass is 9.97. The number of methoxy groups -OCH3 is 1. The zero-order chi connectivity index (χ0) is 22.9. The number of pyridine rings is 1. The van der Waals surface area contributed by atoms with E-state index in [1.165, 1.54) is 5.56 Å². The predicted octanol–water partition coefficient (Wildman–Crippen LogP) is 2.39. The van der Waals surface area contributed by atoms with Crippen LogP contribution >= 0.6 is 0 Å². The second-order valence-corrected chi connectivity index (χ2v) is 8.05. The van der Waals surface area contributed by atoms with E-state index in [-0.39, 0.29) is 11.8 Å². The van der Waals surface area contributed by atoms with E-state index in [2.05, 4.69) is 39.2 Å². The van der Waals surface area contributed by atoms with Crippen LogP contribution in [0.2, 0.25) is 0 Å². The number of hydrogen-bond donors (Lipinski definition) is 2. The average Bonchev–Trinajstić information content (AvgIpc) is 2.82. The summed E-state index contributed by atoms with van der Waals surface area (Å²) in [6, 6.07) is 12.0. The highest BCUT2D eigenvalue weighted by molar-refractivity contribution is 5.80. The summed E-state index contributed by atoms with van der Waals surface area (Å²) >= 11 is 0. The monoisotopic (exact) mass is 438 g/mol. The Kier molecular flexibility index (Phi) is 8.30. The molecule has 8 nitrogen and oxygen atoms in total. The molecule has 1 fully saturated rings. The number of nitrogens with one attached hydrogen (secondary N) is 1. The number of guanidine groups is 1. The fraction of sp³-hybridized carbons (Fsp3) is 0.458. The average molecular weight is 439 g/mol. The van der Waals surface area contributed by atoms with Gasteiger partial charge in [-0.3, -0.25) is 4.79 Å². The van der Waals surface area contributed by atoms with Crippen LogP contribution in [0.25, 0.3) is 0 Å². The highest BCUT2D eigenvalue weighted by atomic mass is 16.5. The number of amides is 1. The standard InChI is InChI=1S/C24H34N6O2/c1-4-26-24(29(2)16-18-9-11-21(32-3)12-10-18)28-15-19-7-5-13-27-23(19)30-14-6-8-20(17-30)22(25)31/h5,7,9-13,20H,4,6,8,14-17H2,1-3H3,(H2,25,31)(H,26,28). The van der Waals surface area contributed by atoms with Crippen molar-refractivity contribution in [3.8, 4) is 5.75 Å². The zero-order valence-electron chi connectivity index (χ0n) is 19.3. The van der Waals surface area contributed by atoms with Crippen molar-refractivity contribution in [1.29, 1.82) is 0 Å². The first-order chi connectivity index (χ1) is 15.5. The number of nitrogens with two attached hydrogens (primary N) is 1. The molecule has 3 N–H and O–H groups in total. The van der Waals surface area contributed by atoms with Crippen LogP contribution in [0, 0.1) is 5.92 Å². The molecular weight excluding hydrogens is 404 g/mol. The third-order valence-electron chi connectivity index (χ3n) is 5.67. The Morgan fingerprint density at radius 2 is 2.12 bits per heavy atom. The van der Waals surface area contributed by atoms with Crippen molar-refractivity contribution in [2.45, 2.75) is 32.9 Å². The molecule has 0 saturated carbocycles. The van der Waals surface area contributed by atoms with Gasteiger partial charge in [0.25, 0.3) is 0 Å². The van der Waals surface area contributed by atoms with Gasteiger partial charge in [-0.2, -0.15) is 0 Å². The molecule has 2 aromatic rings. The van der Waals surface area contributed by atoms with Crippen LogP contribution in [0.3, 0.4) is 0 Å². The van der Waals surface area contributed by atoms with Crippen molar-refractivity contribution in [2.24, 2.45) is 16.6 Å². The molecule has 1 aliphatic heterocycles. The van der Waals surface area contributed by atoms with Gasteiger partial charge in [-0.15, -0.1) is 0 Å². The summed E-state index contributed by atoms with van der Waals surface area (Å²) in [6.45, 7) is 5.54. The summed E-state index contributed by atoms with van der Waals surface area (Å²) in [6.07, 6.45) is 3.56. The molecule has 3 rings (SSSR count). The van der Waals surface area contributed by atoms with Gasteiger partial charge in [0.2, 0.25) is 5.91 Å². The lowest BCUT2D eigenvalue weighted by Crippen LogP contribution is -2.42. The number of rotatable bonds is 8. The van der Waals surface area contributed by atoms with Gasteiger partial charge in [0.1, 0.15) is 11.6 Å². The zero-order valence-corrected chi connectivity index (χ0v) is 19.3. The largest absolute Gasteiger partial charge is 0.497 e. The highest BCUT2D eigenvalue weighted by Crippen LogP contribution is 2.25. The number of primary amides is 1. The lowest BCUT2D eigenvalue weighted by molar-refractivity contribution is -0.122. The molecule has 1 aliphatic rings. The number of aliphatic imine (C=N–C) groups is 1. The van der Waals surface area contributed by atoms with Gasteiger partial charge in [-0.05, 0) is 43.5 Å². The number of ether oxygens (including phenoxy) is 1. The second-order valence-electron chi connectivity index (χ2n) is 8.05. The molecule has 0 spiro atoms. The summed E-state index contributed by atoms with van der Waals surface area (Å²) in [7, 11) is 3.69. The van der Waals surface area contributed by atoms with E-state index in [0.29, 0.717) is 13.1 Å². The Morgan fingerprint density at radius 1 is 1.34 bits per heavy atom. The summed E-state index contributed by atoms with van der Waals surface area (Å²) in [5.41, 5.74) is 7.77. The maximum Gasteiger partial charge on any atom is 0.222 e. The van der Waals surface area contributed by atoms with Crippen molar-refractivity contribution < 1.29 is 9.53 Å². The van der Waals surface area contributed by atoms with E-state index < -0.39 is 0 Å². The first-order valence-corrected chi connectivity index (χ1v) is 11.1. The number of carbonyl (C=O) groups is 1. The first kappa shape index (κ1) is 23.4. The van der Waals surface area contributed by atoms with E-state index in [4.69, 9.17) is 15.5 Å². The van der Waals surface area contributed by atoms with Gasteiger partial charge >= 0.3 is 0 Å². The molecule has 172 valence electrons. The number of benzene rings is 1. The fourth-order valence-corrected chi connectivity index (χ4v) is 3.95. The van der Waals surface area contributed by atoms with Gasteiger partial charge in [0.15, 0.2) is 5.96 Å². The Bertz CT molecular complexity index is 915. The van der Waals surface area contributed by atoms with Crippen molar-refractivity contribution in [1.82, 2.24) is 15.2 Å². The Hall–Kier alpha value is -3.29. The van der Waals surface area contributed by atoms with E-state index >= 15 is 0 Å². The van der Waals surface area contributed by atoms with Gasteiger partial charge in [0.05, 0.1) is 19.6 Å². The van der Waals surface area contributed by atoms with Crippen molar-refractivity contribution in [2.75, 3.05) is 38.7 Å². The minimum atomic E-state index is -0.236. The molecule has 0 aliphatic carbocycles. The summed E-state index contributed by atoms with van der Waals surface area (Å²) < 4.78 is 5.24. The molecule has 1 aromatic heterocycles. The van der Waals surface area contributed by atoms with Crippen LogP contribution in [0.5, 0.6) is 5.75 Å². The van der Waals surface area contributed by atoms with Gasteiger partial charge in [-0.1, -0.05) is 18.2 Å². The fourth-order valence-electron chi connectivity index (χ4n) is 3.95. The van der Waals surface area contributed by atoms with Gasteiger partial charge in [-0.25, -0.2) is 9.98 Å². The third-order valence-corrected chi connectivity index (χ3v) is 5.67. The van der Waals surface area contributed by atoms with Crippen LogP contribution in [0.1, 0.15) is 30.9 Å². The predicted molar refractivity (Wildman–Crippen MR) is 128 cm³/mol. The topological polar surface area (TPSA) is 96.1 Å².